The molecule has 214 valence electrons. The summed E-state index contributed by atoms with van der Waals surface area (Å²) in [5.41, 5.74) is 3.77. The smallest absolute Gasteiger partial charge is 0.266 e. The number of carbonyl (C=O) groups excluding carboxylic acids is 1. The molecule has 0 N–H and O–H groups in total. The van der Waals surface area contributed by atoms with Crippen molar-refractivity contribution in [1.82, 2.24) is 19.0 Å². The van der Waals surface area contributed by atoms with E-state index < -0.39 is 10.0 Å². The Balaban J connectivity index is 1.38. The first kappa shape index (κ1) is 28.5. The van der Waals surface area contributed by atoms with E-state index in [9.17, 15) is 13.2 Å². The van der Waals surface area contributed by atoms with Crippen molar-refractivity contribution in [2.75, 3.05) is 13.1 Å². The molecule has 1 atom stereocenters. The van der Waals surface area contributed by atoms with E-state index in [2.05, 4.69) is 6.92 Å². The highest BCUT2D eigenvalue weighted by Gasteiger charge is 2.33. The molecular formula is C32H30N4O3S3. The van der Waals surface area contributed by atoms with Gasteiger partial charge in [0.05, 0.1) is 22.0 Å². The maximum atomic E-state index is 13.6. The fourth-order valence-electron chi connectivity index (χ4n) is 5.29. The van der Waals surface area contributed by atoms with Crippen LogP contribution >= 0.6 is 24.0 Å². The second-order valence-corrected chi connectivity index (χ2v) is 14.2. The van der Waals surface area contributed by atoms with Crippen molar-refractivity contribution in [2.24, 2.45) is 5.92 Å². The lowest BCUT2D eigenvalue weighted by molar-refractivity contribution is -0.122. The molecule has 3 heterocycles. The van der Waals surface area contributed by atoms with Crippen molar-refractivity contribution in [3.05, 3.63) is 107 Å². The highest BCUT2D eigenvalue weighted by atomic mass is 32.2. The highest BCUT2D eigenvalue weighted by Crippen LogP contribution is 2.36. The first-order valence-corrected chi connectivity index (χ1v) is 16.5. The minimum Gasteiger partial charge on any atom is -0.288 e. The van der Waals surface area contributed by atoms with Gasteiger partial charge in [0.15, 0.2) is 0 Å². The monoisotopic (exact) mass is 614 g/mol. The molecule has 6 rings (SSSR count). The lowest BCUT2D eigenvalue weighted by atomic mass is 10.0. The summed E-state index contributed by atoms with van der Waals surface area (Å²) in [5.74, 6) is 0.160. The van der Waals surface area contributed by atoms with Gasteiger partial charge in [0.1, 0.15) is 10.0 Å². The van der Waals surface area contributed by atoms with Crippen LogP contribution in [0, 0.1) is 5.92 Å². The van der Waals surface area contributed by atoms with Crippen LogP contribution in [-0.4, -0.2) is 50.7 Å². The molecule has 0 aliphatic carbocycles. The summed E-state index contributed by atoms with van der Waals surface area (Å²) in [6.07, 6.45) is 5.56. The molecule has 3 aromatic carbocycles. The number of hydrogen-bond acceptors (Lipinski definition) is 6. The first-order chi connectivity index (χ1) is 20.3. The Kier molecular flexibility index (Phi) is 8.13. The Labute approximate surface area is 255 Å². The summed E-state index contributed by atoms with van der Waals surface area (Å²) in [4.78, 5) is 15.8. The van der Waals surface area contributed by atoms with Gasteiger partial charge in [0, 0.05) is 30.4 Å². The van der Waals surface area contributed by atoms with E-state index in [4.69, 9.17) is 17.3 Å². The van der Waals surface area contributed by atoms with Gasteiger partial charge >= 0.3 is 0 Å². The molecule has 2 aliphatic rings. The van der Waals surface area contributed by atoms with Crippen LogP contribution in [0.25, 0.3) is 23.0 Å². The Morgan fingerprint density at radius 3 is 2.50 bits per heavy atom. The second kappa shape index (κ2) is 12.0. The van der Waals surface area contributed by atoms with Gasteiger partial charge in [-0.3, -0.25) is 9.69 Å². The van der Waals surface area contributed by atoms with Gasteiger partial charge < -0.3 is 0 Å². The van der Waals surface area contributed by atoms with Crippen LogP contribution in [0.5, 0.6) is 0 Å². The number of piperidine rings is 1. The quantitative estimate of drug-likeness (QED) is 0.178. The van der Waals surface area contributed by atoms with Crippen molar-refractivity contribution in [1.29, 1.82) is 0 Å². The number of amides is 1. The molecule has 2 saturated heterocycles. The van der Waals surface area contributed by atoms with Crippen LogP contribution in [0.15, 0.2) is 101 Å². The van der Waals surface area contributed by atoms with Crippen molar-refractivity contribution in [2.45, 2.75) is 31.2 Å². The third-order valence-corrected chi connectivity index (χ3v) is 10.7. The summed E-state index contributed by atoms with van der Waals surface area (Å²) in [7, 11) is -3.66. The SMILES string of the molecule is CC1CCCN(S(=O)(=O)c2cccc(-c3nn(-c4ccccc4)cc3/C=C3\SC(=S)N(Cc4ccccc4)C3=O)c2)C1. The average Bonchev–Trinajstić information content (AvgIpc) is 3.54. The standard InChI is InChI=1S/C32H30N4O3S3/c1-23-10-9-17-34(20-23)42(38,39)28-16-8-13-25(18-28)30-26(22-36(33-30)27-14-6-3-7-15-27)19-29-31(37)35(32(40)41-29)21-24-11-4-2-5-12-24/h2-8,11-16,18-19,22-23H,9-10,17,20-21H2,1H3/b29-19-. The van der Waals surface area contributed by atoms with Crippen molar-refractivity contribution in [3.8, 4) is 16.9 Å². The molecule has 0 radical (unpaired) electrons. The van der Waals surface area contributed by atoms with Crippen molar-refractivity contribution < 1.29 is 13.2 Å². The van der Waals surface area contributed by atoms with E-state index in [1.165, 1.54) is 11.8 Å². The van der Waals surface area contributed by atoms with E-state index in [0.29, 0.717) is 51.6 Å². The zero-order valence-corrected chi connectivity index (χ0v) is 25.5. The molecule has 42 heavy (non-hydrogen) atoms. The number of benzene rings is 3. The topological polar surface area (TPSA) is 75.5 Å². The highest BCUT2D eigenvalue weighted by molar-refractivity contribution is 8.26. The molecule has 1 amide bonds. The molecule has 1 unspecified atom stereocenters. The van der Waals surface area contributed by atoms with E-state index in [1.54, 1.807) is 38.2 Å². The van der Waals surface area contributed by atoms with Crippen LogP contribution in [-0.2, 0) is 21.4 Å². The van der Waals surface area contributed by atoms with E-state index in [1.807, 2.05) is 72.9 Å². The minimum absolute atomic E-state index is 0.164. The number of sulfonamides is 1. The van der Waals surface area contributed by atoms with Crippen molar-refractivity contribution in [3.63, 3.8) is 0 Å². The van der Waals surface area contributed by atoms with E-state index >= 15 is 0 Å². The molecule has 0 saturated carbocycles. The fraction of sp³-hybridized carbons (Fsp3) is 0.219. The number of thioether (sulfide) groups is 1. The number of para-hydroxylation sites is 1. The van der Waals surface area contributed by atoms with Gasteiger partial charge in [-0.15, -0.1) is 0 Å². The van der Waals surface area contributed by atoms with E-state index in [0.717, 1.165) is 24.1 Å². The lowest BCUT2D eigenvalue weighted by Gasteiger charge is -2.30. The van der Waals surface area contributed by atoms with Gasteiger partial charge in [0.25, 0.3) is 5.91 Å². The van der Waals surface area contributed by atoms with Crippen LogP contribution in [0.2, 0.25) is 0 Å². The lowest BCUT2D eigenvalue weighted by Crippen LogP contribution is -2.39. The molecule has 1 aromatic heterocycles. The molecule has 2 aliphatic heterocycles. The molecule has 10 heteroatoms. The predicted octanol–water partition coefficient (Wildman–Crippen LogP) is 6.36. The number of nitrogens with zero attached hydrogens (tertiary/aromatic N) is 4. The maximum Gasteiger partial charge on any atom is 0.266 e. The maximum absolute atomic E-state index is 13.6. The van der Waals surface area contributed by atoms with Crippen LogP contribution < -0.4 is 0 Å². The van der Waals surface area contributed by atoms with Gasteiger partial charge in [-0.05, 0) is 54.7 Å². The van der Waals surface area contributed by atoms with Crippen LogP contribution in [0.4, 0.5) is 0 Å². The predicted molar refractivity (Wildman–Crippen MR) is 171 cm³/mol. The molecule has 0 spiro atoms. The largest absolute Gasteiger partial charge is 0.288 e. The summed E-state index contributed by atoms with van der Waals surface area (Å²) in [5, 5.41) is 4.87. The first-order valence-electron chi connectivity index (χ1n) is 13.8. The number of carbonyl (C=O) groups is 1. The van der Waals surface area contributed by atoms with Crippen LogP contribution in [0.1, 0.15) is 30.9 Å². The van der Waals surface area contributed by atoms with Gasteiger partial charge in [-0.2, -0.15) is 9.40 Å². The molecule has 0 bridgehead atoms. The third kappa shape index (κ3) is 5.85. The molecule has 4 aromatic rings. The van der Waals surface area contributed by atoms with Gasteiger partial charge in [-0.1, -0.05) is 91.6 Å². The zero-order valence-electron chi connectivity index (χ0n) is 23.1. The Morgan fingerprint density at radius 2 is 1.76 bits per heavy atom. The van der Waals surface area contributed by atoms with E-state index in [-0.39, 0.29) is 10.8 Å². The molecule has 7 nitrogen and oxygen atoms in total. The summed E-state index contributed by atoms with van der Waals surface area (Å²) in [6.45, 7) is 3.53. The number of rotatable bonds is 7. The second-order valence-electron chi connectivity index (χ2n) is 10.6. The average molecular weight is 615 g/mol. The Bertz CT molecular complexity index is 1770. The Hall–Kier alpha value is -3.57. The normalized spacial score (nSPS) is 19.1. The number of aromatic nitrogens is 2. The number of hydrogen-bond donors (Lipinski definition) is 0. The Morgan fingerprint density at radius 1 is 1.02 bits per heavy atom. The third-order valence-electron chi connectivity index (χ3n) is 7.47. The minimum atomic E-state index is -3.66. The summed E-state index contributed by atoms with van der Waals surface area (Å²) < 4.78 is 31.0. The van der Waals surface area contributed by atoms with Crippen molar-refractivity contribution >= 4 is 50.3 Å². The van der Waals surface area contributed by atoms with Gasteiger partial charge in [0.2, 0.25) is 10.0 Å². The van der Waals surface area contributed by atoms with Gasteiger partial charge in [-0.25, -0.2) is 13.1 Å². The van der Waals surface area contributed by atoms with Crippen LogP contribution in [0.3, 0.4) is 0 Å². The fourth-order valence-corrected chi connectivity index (χ4v) is 8.18. The summed E-state index contributed by atoms with van der Waals surface area (Å²) in [6, 6.07) is 26.4. The zero-order chi connectivity index (χ0) is 29.3. The summed E-state index contributed by atoms with van der Waals surface area (Å²) >= 11 is 6.84. The number of thiocarbonyl (C=S) groups is 1. The molecular weight excluding hydrogens is 585 g/mol. The molecule has 2 fully saturated rings.